The molecule has 0 heterocycles. The summed E-state index contributed by atoms with van der Waals surface area (Å²) in [6, 6.07) is 22.3. The molecule has 1 atom stereocenters. The zero-order chi connectivity index (χ0) is 35.9. The van der Waals surface area contributed by atoms with Gasteiger partial charge in [0.05, 0.1) is 22.6 Å². The van der Waals surface area contributed by atoms with E-state index in [0.29, 0.717) is 10.6 Å². The second-order valence-electron chi connectivity index (χ2n) is 11.6. The first-order valence-corrected chi connectivity index (χ1v) is 17.4. The van der Waals surface area contributed by atoms with Crippen LogP contribution in [0.1, 0.15) is 30.5 Å². The average Bonchev–Trinajstić information content (AvgIpc) is 3.05. The summed E-state index contributed by atoms with van der Waals surface area (Å²) in [6.07, 6.45) is 0.114. The van der Waals surface area contributed by atoms with Crippen LogP contribution in [0.25, 0.3) is 0 Å². The standard InChI is InChI=1S/C35H36Cl2N4O7S/c1-23(2)38-35(43)32(18-25-9-6-5-7-10-25)39(21-26-11-8-12-27(36)17-26)34(42)22-40(31-19-28(37)14-16-33(31)48-4)49(46,47)29-15-13-24(3)30(20-29)41(44)45/h5-17,19-20,23,32H,18,21-22H2,1-4H3,(H,38,43). The number of nitrogens with zero attached hydrogens (tertiary/aromatic N) is 3. The Morgan fingerprint density at radius 2 is 1.59 bits per heavy atom. The molecule has 4 aromatic carbocycles. The third kappa shape index (κ3) is 9.28. The van der Waals surface area contributed by atoms with E-state index in [1.54, 1.807) is 38.1 Å². The van der Waals surface area contributed by atoms with Crippen LogP contribution in [-0.2, 0) is 32.6 Å². The van der Waals surface area contributed by atoms with E-state index >= 15 is 0 Å². The number of nitro benzene ring substituents is 1. The Morgan fingerprint density at radius 1 is 0.918 bits per heavy atom. The molecule has 0 radical (unpaired) electrons. The molecule has 0 aliphatic carbocycles. The highest BCUT2D eigenvalue weighted by Gasteiger charge is 2.36. The molecule has 1 N–H and O–H groups in total. The first kappa shape index (κ1) is 37.2. The summed E-state index contributed by atoms with van der Waals surface area (Å²) >= 11 is 12.6. The van der Waals surface area contributed by atoms with Gasteiger partial charge in [0.2, 0.25) is 11.8 Å². The Labute approximate surface area is 295 Å². The summed E-state index contributed by atoms with van der Waals surface area (Å²) in [5, 5.41) is 15.2. The molecule has 4 aromatic rings. The summed E-state index contributed by atoms with van der Waals surface area (Å²) in [6.45, 7) is 4.15. The van der Waals surface area contributed by atoms with Crippen molar-refractivity contribution >= 4 is 56.4 Å². The fourth-order valence-corrected chi connectivity index (χ4v) is 7.03. The van der Waals surface area contributed by atoms with Crippen molar-refractivity contribution in [3.05, 3.63) is 128 Å². The highest BCUT2D eigenvalue weighted by atomic mass is 35.5. The van der Waals surface area contributed by atoms with Gasteiger partial charge in [-0.1, -0.05) is 71.7 Å². The number of carbonyl (C=O) groups is 2. The molecule has 0 fully saturated rings. The minimum absolute atomic E-state index is 0.0714. The number of hydrogen-bond acceptors (Lipinski definition) is 7. The predicted molar refractivity (Wildman–Crippen MR) is 190 cm³/mol. The molecule has 49 heavy (non-hydrogen) atoms. The lowest BCUT2D eigenvalue weighted by molar-refractivity contribution is -0.385. The Balaban J connectivity index is 1.90. The minimum atomic E-state index is -4.69. The molecule has 2 amide bonds. The Hall–Kier alpha value is -4.65. The zero-order valence-electron chi connectivity index (χ0n) is 27.3. The van der Waals surface area contributed by atoms with E-state index in [4.69, 9.17) is 27.9 Å². The summed E-state index contributed by atoms with van der Waals surface area (Å²) < 4.78 is 35.1. The van der Waals surface area contributed by atoms with E-state index in [1.165, 1.54) is 49.3 Å². The zero-order valence-corrected chi connectivity index (χ0v) is 29.6. The van der Waals surface area contributed by atoms with Gasteiger partial charge in [-0.15, -0.1) is 0 Å². The number of carbonyl (C=O) groups excluding carboxylic acids is 2. The maximum absolute atomic E-state index is 14.7. The minimum Gasteiger partial charge on any atom is -0.495 e. The second-order valence-corrected chi connectivity index (χ2v) is 14.3. The van der Waals surface area contributed by atoms with Gasteiger partial charge in [-0.2, -0.15) is 0 Å². The molecule has 0 spiro atoms. The normalized spacial score (nSPS) is 11.9. The summed E-state index contributed by atoms with van der Waals surface area (Å²) in [4.78, 5) is 40.5. The lowest BCUT2D eigenvalue weighted by atomic mass is 10.0. The van der Waals surface area contributed by atoms with Crippen LogP contribution in [0.15, 0.2) is 95.9 Å². The van der Waals surface area contributed by atoms with Crippen LogP contribution in [0.2, 0.25) is 10.0 Å². The Bertz CT molecular complexity index is 1940. The number of benzene rings is 4. The van der Waals surface area contributed by atoms with Crippen molar-refractivity contribution in [2.24, 2.45) is 0 Å². The van der Waals surface area contributed by atoms with Crippen LogP contribution >= 0.6 is 23.2 Å². The van der Waals surface area contributed by atoms with Crippen molar-refractivity contribution in [1.82, 2.24) is 10.2 Å². The maximum atomic E-state index is 14.7. The number of nitrogens with one attached hydrogen (secondary N) is 1. The van der Waals surface area contributed by atoms with Crippen LogP contribution in [0.4, 0.5) is 11.4 Å². The molecule has 258 valence electrons. The third-order valence-electron chi connectivity index (χ3n) is 7.60. The predicted octanol–water partition coefficient (Wildman–Crippen LogP) is 6.58. The van der Waals surface area contributed by atoms with Crippen LogP contribution in [0.5, 0.6) is 5.75 Å². The van der Waals surface area contributed by atoms with E-state index in [0.717, 1.165) is 15.9 Å². The van der Waals surface area contributed by atoms with Gasteiger partial charge in [-0.3, -0.25) is 24.0 Å². The maximum Gasteiger partial charge on any atom is 0.273 e. The van der Waals surface area contributed by atoms with Gasteiger partial charge in [0, 0.05) is 40.7 Å². The van der Waals surface area contributed by atoms with Gasteiger partial charge >= 0.3 is 0 Å². The lowest BCUT2D eigenvalue weighted by Crippen LogP contribution is -2.54. The van der Waals surface area contributed by atoms with Crippen LogP contribution < -0.4 is 14.4 Å². The quantitative estimate of drug-likeness (QED) is 0.114. The number of nitro groups is 1. The number of methoxy groups -OCH3 is 1. The molecule has 4 rings (SSSR count). The highest BCUT2D eigenvalue weighted by Crippen LogP contribution is 2.36. The smallest absolute Gasteiger partial charge is 0.273 e. The lowest BCUT2D eigenvalue weighted by Gasteiger charge is -2.34. The fourth-order valence-electron chi connectivity index (χ4n) is 5.21. The Kier molecular flexibility index (Phi) is 12.3. The topological polar surface area (TPSA) is 139 Å². The van der Waals surface area contributed by atoms with E-state index < -0.39 is 49.9 Å². The largest absolute Gasteiger partial charge is 0.495 e. The van der Waals surface area contributed by atoms with Crippen molar-refractivity contribution < 1.29 is 27.7 Å². The SMILES string of the molecule is COc1ccc(Cl)cc1N(CC(=O)N(Cc1cccc(Cl)c1)C(Cc1ccccc1)C(=O)NC(C)C)S(=O)(=O)c1ccc(C)c([N+](=O)[O-])c1. The van der Waals surface area contributed by atoms with Gasteiger partial charge in [-0.25, -0.2) is 8.42 Å². The monoisotopic (exact) mass is 726 g/mol. The number of sulfonamides is 1. The van der Waals surface area contributed by atoms with Crippen LogP contribution in [0.3, 0.4) is 0 Å². The number of hydrogen-bond donors (Lipinski definition) is 1. The van der Waals surface area contributed by atoms with Crippen LogP contribution in [0, 0.1) is 17.0 Å². The molecule has 1 unspecified atom stereocenters. The van der Waals surface area contributed by atoms with E-state index in [1.807, 2.05) is 30.3 Å². The van der Waals surface area contributed by atoms with Crippen molar-refractivity contribution in [3.8, 4) is 5.75 Å². The van der Waals surface area contributed by atoms with E-state index in [9.17, 15) is 28.1 Å². The number of aryl methyl sites for hydroxylation is 1. The molecular formula is C35H36Cl2N4O7S. The molecule has 11 nitrogen and oxygen atoms in total. The van der Waals surface area contributed by atoms with Gasteiger partial charge in [-0.05, 0) is 68.3 Å². The first-order chi connectivity index (χ1) is 23.2. The molecule has 0 saturated carbocycles. The number of amides is 2. The molecule has 0 aliphatic heterocycles. The number of anilines is 1. The van der Waals surface area contributed by atoms with Crippen LogP contribution in [-0.4, -0.2) is 55.8 Å². The molecule has 0 aromatic heterocycles. The molecule has 0 saturated heterocycles. The molecule has 14 heteroatoms. The third-order valence-corrected chi connectivity index (χ3v) is 9.82. The summed E-state index contributed by atoms with van der Waals surface area (Å²) in [7, 11) is -3.36. The summed E-state index contributed by atoms with van der Waals surface area (Å²) in [5.41, 5.74) is 1.12. The number of ether oxygens (including phenoxy) is 1. The van der Waals surface area contributed by atoms with Gasteiger partial charge in [0.1, 0.15) is 18.3 Å². The Morgan fingerprint density at radius 3 is 2.22 bits per heavy atom. The number of halogens is 2. The molecular weight excluding hydrogens is 691 g/mol. The second kappa shape index (κ2) is 16.2. The fraction of sp³-hybridized carbons (Fsp3) is 0.257. The number of rotatable bonds is 14. The van der Waals surface area contributed by atoms with Crippen molar-refractivity contribution in [2.45, 2.75) is 50.7 Å². The van der Waals surface area contributed by atoms with E-state index in [2.05, 4.69) is 5.32 Å². The highest BCUT2D eigenvalue weighted by molar-refractivity contribution is 7.92. The van der Waals surface area contributed by atoms with Gasteiger partial charge in [0.25, 0.3) is 15.7 Å². The van der Waals surface area contributed by atoms with Crippen molar-refractivity contribution in [1.29, 1.82) is 0 Å². The van der Waals surface area contributed by atoms with E-state index in [-0.39, 0.29) is 41.0 Å². The van der Waals surface area contributed by atoms with Crippen molar-refractivity contribution in [2.75, 3.05) is 18.0 Å². The average molecular weight is 728 g/mol. The van der Waals surface area contributed by atoms with Gasteiger partial charge in [0.15, 0.2) is 0 Å². The first-order valence-electron chi connectivity index (χ1n) is 15.2. The molecule has 0 aliphatic rings. The summed E-state index contributed by atoms with van der Waals surface area (Å²) in [5.74, 6) is -1.12. The van der Waals surface area contributed by atoms with Crippen molar-refractivity contribution in [3.63, 3.8) is 0 Å². The molecule has 0 bridgehead atoms. The van der Waals surface area contributed by atoms with Gasteiger partial charge < -0.3 is 15.0 Å².